The highest BCUT2D eigenvalue weighted by Gasteiger charge is 2.40. The van der Waals surface area contributed by atoms with Crippen molar-refractivity contribution >= 4 is 5.91 Å². The van der Waals surface area contributed by atoms with Gasteiger partial charge in [-0.05, 0) is 19.8 Å². The van der Waals surface area contributed by atoms with Crippen LogP contribution >= 0.6 is 0 Å². The fraction of sp³-hybridized carbons (Fsp3) is 0.917. The van der Waals surface area contributed by atoms with Gasteiger partial charge in [-0.2, -0.15) is 0 Å². The zero-order valence-electron chi connectivity index (χ0n) is 11.1. The van der Waals surface area contributed by atoms with E-state index in [-0.39, 0.29) is 11.4 Å². The standard InChI is InChI=1S/C12H24N2O3/c1-4-12(2)11(15)14(10-13-12)6-5-7-17-9-8-16-3/h13H,4-10H2,1-3H3. The Labute approximate surface area is 103 Å². The lowest BCUT2D eigenvalue weighted by Crippen LogP contribution is -2.43. The number of carbonyl (C=O) groups is 1. The van der Waals surface area contributed by atoms with Crippen LogP contribution in [-0.2, 0) is 14.3 Å². The summed E-state index contributed by atoms with van der Waals surface area (Å²) in [6, 6.07) is 0. The highest BCUT2D eigenvalue weighted by molar-refractivity contribution is 5.87. The first-order valence-electron chi connectivity index (χ1n) is 6.25. The molecule has 1 rings (SSSR count). The van der Waals surface area contributed by atoms with Crippen molar-refractivity contribution in [3.63, 3.8) is 0 Å². The van der Waals surface area contributed by atoms with Crippen molar-refractivity contribution in [2.24, 2.45) is 0 Å². The van der Waals surface area contributed by atoms with Crippen molar-refractivity contribution in [2.45, 2.75) is 32.2 Å². The Hall–Kier alpha value is -0.650. The van der Waals surface area contributed by atoms with E-state index < -0.39 is 0 Å². The lowest BCUT2D eigenvalue weighted by Gasteiger charge is -2.20. The maximum Gasteiger partial charge on any atom is 0.243 e. The fourth-order valence-corrected chi connectivity index (χ4v) is 1.82. The Kier molecular flexibility index (Phi) is 5.88. The SMILES string of the molecule is CCC1(C)NCN(CCCOCCOC)C1=O. The zero-order valence-corrected chi connectivity index (χ0v) is 11.1. The zero-order chi connectivity index (χ0) is 12.7. The fourth-order valence-electron chi connectivity index (χ4n) is 1.82. The van der Waals surface area contributed by atoms with Crippen molar-refractivity contribution < 1.29 is 14.3 Å². The van der Waals surface area contributed by atoms with E-state index in [4.69, 9.17) is 9.47 Å². The second-order valence-corrected chi connectivity index (χ2v) is 4.55. The summed E-state index contributed by atoms with van der Waals surface area (Å²) < 4.78 is 10.2. The largest absolute Gasteiger partial charge is 0.382 e. The molecule has 0 aromatic rings. The molecule has 0 aliphatic carbocycles. The van der Waals surface area contributed by atoms with Crippen LogP contribution < -0.4 is 5.32 Å². The topological polar surface area (TPSA) is 50.8 Å². The smallest absolute Gasteiger partial charge is 0.243 e. The molecule has 0 aromatic carbocycles. The second kappa shape index (κ2) is 6.93. The van der Waals surface area contributed by atoms with E-state index in [0.29, 0.717) is 26.5 Å². The summed E-state index contributed by atoms with van der Waals surface area (Å²) in [6.07, 6.45) is 1.70. The van der Waals surface area contributed by atoms with Gasteiger partial charge < -0.3 is 14.4 Å². The van der Waals surface area contributed by atoms with Gasteiger partial charge in [0, 0.05) is 20.3 Å². The van der Waals surface area contributed by atoms with Crippen LogP contribution in [0.25, 0.3) is 0 Å². The average Bonchev–Trinajstić information content (AvgIpc) is 2.62. The van der Waals surface area contributed by atoms with Crippen molar-refractivity contribution in [3.8, 4) is 0 Å². The van der Waals surface area contributed by atoms with Crippen LogP contribution in [0.4, 0.5) is 0 Å². The molecule has 0 aromatic heterocycles. The van der Waals surface area contributed by atoms with Crippen LogP contribution in [0.3, 0.4) is 0 Å². The lowest BCUT2D eigenvalue weighted by molar-refractivity contribution is -0.132. The number of methoxy groups -OCH3 is 1. The predicted molar refractivity (Wildman–Crippen MR) is 65.7 cm³/mol. The van der Waals surface area contributed by atoms with Crippen LogP contribution in [0.15, 0.2) is 0 Å². The van der Waals surface area contributed by atoms with E-state index in [1.807, 2.05) is 18.7 Å². The molecule has 1 aliphatic rings. The van der Waals surface area contributed by atoms with Crippen LogP contribution in [0.1, 0.15) is 26.7 Å². The maximum absolute atomic E-state index is 12.0. The molecule has 100 valence electrons. The van der Waals surface area contributed by atoms with E-state index >= 15 is 0 Å². The molecule has 1 saturated heterocycles. The highest BCUT2D eigenvalue weighted by Crippen LogP contribution is 2.18. The highest BCUT2D eigenvalue weighted by atomic mass is 16.5. The van der Waals surface area contributed by atoms with Gasteiger partial charge >= 0.3 is 0 Å². The Balaban J connectivity index is 2.15. The average molecular weight is 244 g/mol. The van der Waals surface area contributed by atoms with Crippen LogP contribution in [-0.4, -0.2) is 56.5 Å². The molecule has 1 N–H and O–H groups in total. The molecule has 1 atom stereocenters. The molecule has 0 radical (unpaired) electrons. The summed E-state index contributed by atoms with van der Waals surface area (Å²) >= 11 is 0. The first-order chi connectivity index (χ1) is 8.14. The maximum atomic E-state index is 12.0. The van der Waals surface area contributed by atoms with Gasteiger partial charge in [0.05, 0.1) is 25.4 Å². The van der Waals surface area contributed by atoms with Gasteiger partial charge in [-0.1, -0.05) is 6.92 Å². The Morgan fingerprint density at radius 3 is 2.76 bits per heavy atom. The Morgan fingerprint density at radius 1 is 1.41 bits per heavy atom. The summed E-state index contributed by atoms with van der Waals surface area (Å²) in [4.78, 5) is 13.9. The molecule has 0 saturated carbocycles. The number of carbonyl (C=O) groups excluding carboxylic acids is 1. The molecular weight excluding hydrogens is 220 g/mol. The van der Waals surface area contributed by atoms with E-state index in [1.54, 1.807) is 7.11 Å². The first-order valence-corrected chi connectivity index (χ1v) is 6.25. The molecular formula is C12H24N2O3. The molecule has 0 spiro atoms. The number of hydrogen-bond acceptors (Lipinski definition) is 4. The second-order valence-electron chi connectivity index (χ2n) is 4.55. The summed E-state index contributed by atoms with van der Waals surface area (Å²) in [5, 5.41) is 3.26. The minimum absolute atomic E-state index is 0.205. The molecule has 1 heterocycles. The predicted octanol–water partition coefficient (Wildman–Crippen LogP) is 0.598. The van der Waals surface area contributed by atoms with Gasteiger partial charge in [-0.3, -0.25) is 10.1 Å². The lowest BCUT2D eigenvalue weighted by atomic mass is 9.99. The number of amides is 1. The number of hydrogen-bond donors (Lipinski definition) is 1. The molecule has 1 aliphatic heterocycles. The van der Waals surface area contributed by atoms with Crippen LogP contribution in [0.2, 0.25) is 0 Å². The van der Waals surface area contributed by atoms with Gasteiger partial charge in [-0.25, -0.2) is 0 Å². The third kappa shape index (κ3) is 3.94. The quantitative estimate of drug-likeness (QED) is 0.635. The van der Waals surface area contributed by atoms with Gasteiger partial charge in [0.25, 0.3) is 0 Å². The van der Waals surface area contributed by atoms with Crippen molar-refractivity contribution in [3.05, 3.63) is 0 Å². The first kappa shape index (κ1) is 14.4. The van der Waals surface area contributed by atoms with Gasteiger partial charge in [-0.15, -0.1) is 0 Å². The van der Waals surface area contributed by atoms with E-state index in [9.17, 15) is 4.79 Å². The third-order valence-corrected chi connectivity index (χ3v) is 3.27. The molecule has 5 heteroatoms. The van der Waals surface area contributed by atoms with Crippen molar-refractivity contribution in [1.29, 1.82) is 0 Å². The molecule has 0 bridgehead atoms. The molecule has 1 amide bonds. The third-order valence-electron chi connectivity index (χ3n) is 3.27. The Bertz CT molecular complexity index is 248. The normalized spacial score (nSPS) is 24.6. The van der Waals surface area contributed by atoms with E-state index in [2.05, 4.69) is 5.32 Å². The monoisotopic (exact) mass is 244 g/mol. The summed E-state index contributed by atoms with van der Waals surface area (Å²) in [5.74, 6) is 0.205. The number of ether oxygens (including phenoxy) is 2. The minimum Gasteiger partial charge on any atom is -0.382 e. The van der Waals surface area contributed by atoms with Gasteiger partial charge in [0.1, 0.15) is 0 Å². The number of rotatable bonds is 8. The van der Waals surface area contributed by atoms with Crippen LogP contribution in [0, 0.1) is 0 Å². The Morgan fingerprint density at radius 2 is 2.18 bits per heavy atom. The van der Waals surface area contributed by atoms with Crippen molar-refractivity contribution in [2.75, 3.05) is 40.1 Å². The summed E-state index contributed by atoms with van der Waals surface area (Å²) in [7, 11) is 1.66. The molecule has 1 fully saturated rings. The molecule has 17 heavy (non-hydrogen) atoms. The van der Waals surface area contributed by atoms with E-state index in [1.165, 1.54) is 0 Å². The summed E-state index contributed by atoms with van der Waals surface area (Å²) in [5.41, 5.74) is -0.364. The van der Waals surface area contributed by atoms with Gasteiger partial charge in [0.2, 0.25) is 5.91 Å². The van der Waals surface area contributed by atoms with E-state index in [0.717, 1.165) is 19.4 Å². The van der Waals surface area contributed by atoms with Crippen molar-refractivity contribution in [1.82, 2.24) is 10.2 Å². The van der Waals surface area contributed by atoms with Crippen LogP contribution in [0.5, 0.6) is 0 Å². The molecule has 5 nitrogen and oxygen atoms in total. The summed E-state index contributed by atoms with van der Waals surface area (Å²) in [6.45, 7) is 7.33. The van der Waals surface area contributed by atoms with Gasteiger partial charge in [0.15, 0.2) is 0 Å². The minimum atomic E-state index is -0.364. The molecule has 1 unspecified atom stereocenters. The number of nitrogens with zero attached hydrogens (tertiary/aromatic N) is 1. The number of nitrogens with one attached hydrogen (secondary N) is 1.